The van der Waals surface area contributed by atoms with Gasteiger partial charge in [-0.15, -0.1) is 0 Å². The van der Waals surface area contributed by atoms with E-state index in [4.69, 9.17) is 4.74 Å². The number of nitrogens with one attached hydrogen (secondary N) is 1. The number of ether oxygens (including phenoxy) is 1. The Morgan fingerprint density at radius 1 is 1.57 bits per heavy atom. The van der Waals surface area contributed by atoms with Crippen molar-refractivity contribution in [1.29, 1.82) is 0 Å². The first-order chi connectivity index (χ1) is 11.1. The van der Waals surface area contributed by atoms with Crippen molar-refractivity contribution < 1.29 is 14.3 Å². The van der Waals surface area contributed by atoms with E-state index in [1.165, 1.54) is 22.7 Å². The van der Waals surface area contributed by atoms with Crippen molar-refractivity contribution in [3.63, 3.8) is 0 Å². The van der Waals surface area contributed by atoms with Crippen molar-refractivity contribution in [3.8, 4) is 5.88 Å². The lowest BCUT2D eigenvalue weighted by atomic mass is 10.2. The topological polar surface area (TPSA) is 71.5 Å². The number of carbonyl (C=O) groups is 2. The third-order valence-corrected chi connectivity index (χ3v) is 4.42. The molecule has 7 heteroatoms. The lowest BCUT2D eigenvalue weighted by molar-refractivity contribution is -0.124. The van der Waals surface area contributed by atoms with Gasteiger partial charge in [0.1, 0.15) is 0 Å². The lowest BCUT2D eigenvalue weighted by Crippen LogP contribution is -2.24. The minimum Gasteiger partial charge on any atom is -0.477 e. The number of hydrogen-bond acceptors (Lipinski definition) is 5. The van der Waals surface area contributed by atoms with Crippen molar-refractivity contribution >= 4 is 23.6 Å². The van der Waals surface area contributed by atoms with E-state index in [2.05, 4.69) is 17.2 Å². The molecule has 0 radical (unpaired) electrons. The van der Waals surface area contributed by atoms with Crippen molar-refractivity contribution in [2.24, 2.45) is 0 Å². The fourth-order valence-electron chi connectivity index (χ4n) is 1.94. The Kier molecular flexibility index (Phi) is 6.46. The molecule has 1 fully saturated rings. The summed E-state index contributed by atoms with van der Waals surface area (Å²) in [7, 11) is 1.67. The molecule has 1 aromatic rings. The first-order valence-corrected chi connectivity index (χ1v) is 8.56. The summed E-state index contributed by atoms with van der Waals surface area (Å²) in [5.41, 5.74) is 0.832. The second-order valence-electron chi connectivity index (χ2n) is 5.11. The summed E-state index contributed by atoms with van der Waals surface area (Å²) >= 11 is 1.36. The largest absolute Gasteiger partial charge is 0.477 e. The van der Waals surface area contributed by atoms with Gasteiger partial charge in [0.05, 0.1) is 17.4 Å². The van der Waals surface area contributed by atoms with E-state index >= 15 is 0 Å². The highest BCUT2D eigenvalue weighted by Gasteiger charge is 2.23. The van der Waals surface area contributed by atoms with Gasteiger partial charge < -0.3 is 15.0 Å². The highest BCUT2D eigenvalue weighted by atomic mass is 32.2. The van der Waals surface area contributed by atoms with Gasteiger partial charge in [-0.3, -0.25) is 9.59 Å². The summed E-state index contributed by atoms with van der Waals surface area (Å²) in [4.78, 5) is 29.1. The predicted octanol–water partition coefficient (Wildman–Crippen LogP) is 1.92. The van der Waals surface area contributed by atoms with Gasteiger partial charge in [-0.1, -0.05) is 31.2 Å². The molecule has 1 saturated heterocycles. The maximum atomic E-state index is 12.0. The van der Waals surface area contributed by atoms with Gasteiger partial charge in [-0.25, -0.2) is 4.98 Å². The molecule has 6 nitrogen and oxygen atoms in total. The summed E-state index contributed by atoms with van der Waals surface area (Å²) < 4.78 is 5.64. The summed E-state index contributed by atoms with van der Waals surface area (Å²) in [5, 5.41) is 3.47. The molecule has 1 N–H and O–H groups in total. The van der Waals surface area contributed by atoms with Crippen LogP contribution in [0, 0.1) is 0 Å². The minimum absolute atomic E-state index is 0.00733. The van der Waals surface area contributed by atoms with E-state index in [0.29, 0.717) is 29.8 Å². The molecule has 1 aliphatic rings. The quantitative estimate of drug-likeness (QED) is 0.609. The van der Waals surface area contributed by atoms with Crippen LogP contribution in [-0.4, -0.2) is 41.1 Å². The van der Waals surface area contributed by atoms with Crippen molar-refractivity contribution in [1.82, 2.24) is 15.2 Å². The zero-order valence-electron chi connectivity index (χ0n) is 13.4. The zero-order chi connectivity index (χ0) is 16.7. The molecule has 1 aromatic heterocycles. The Morgan fingerprint density at radius 3 is 3.09 bits per heavy atom. The normalized spacial score (nSPS) is 16.0. The van der Waals surface area contributed by atoms with E-state index in [1.807, 2.05) is 12.1 Å². The molecule has 0 spiro atoms. The van der Waals surface area contributed by atoms with Crippen LogP contribution in [0.3, 0.4) is 0 Å². The van der Waals surface area contributed by atoms with Crippen molar-refractivity contribution in [3.05, 3.63) is 35.0 Å². The van der Waals surface area contributed by atoms with E-state index < -0.39 is 0 Å². The van der Waals surface area contributed by atoms with Crippen LogP contribution in [0.1, 0.15) is 25.3 Å². The Bertz CT molecular complexity index is 604. The number of unbranched alkanes of at least 4 members (excludes halogenated alkanes) is 1. The highest BCUT2D eigenvalue weighted by Crippen LogP contribution is 2.26. The second kappa shape index (κ2) is 8.57. The minimum atomic E-state index is -0.239. The standard InChI is InChI=1S/C16H21N3O3S/c1-3-4-8-22-16-12(6-5-7-17-16)10-18-13(20)9-15-19(2)14(21)11-23-15/h5-7,9H,3-4,8,10-11H2,1-2H3,(H,18,20). The maximum Gasteiger partial charge on any atom is 0.246 e. The maximum absolute atomic E-state index is 12.0. The van der Waals surface area contributed by atoms with Crippen LogP contribution in [0.4, 0.5) is 0 Å². The molecule has 2 amide bonds. The average Bonchev–Trinajstić information content (AvgIpc) is 2.86. The number of pyridine rings is 1. The van der Waals surface area contributed by atoms with Crippen LogP contribution in [0.5, 0.6) is 5.88 Å². The molecule has 124 valence electrons. The van der Waals surface area contributed by atoms with E-state index in [1.54, 1.807) is 13.2 Å². The van der Waals surface area contributed by atoms with E-state index in [0.717, 1.165) is 18.4 Å². The van der Waals surface area contributed by atoms with Gasteiger partial charge in [0.2, 0.25) is 17.7 Å². The van der Waals surface area contributed by atoms with Gasteiger partial charge in [0.25, 0.3) is 0 Å². The van der Waals surface area contributed by atoms with Gasteiger partial charge in [0, 0.05) is 31.4 Å². The van der Waals surface area contributed by atoms with Crippen molar-refractivity contribution in [2.75, 3.05) is 19.4 Å². The molecule has 23 heavy (non-hydrogen) atoms. The summed E-state index contributed by atoms with van der Waals surface area (Å²) in [6.07, 6.45) is 5.14. The fraction of sp³-hybridized carbons (Fsp3) is 0.438. The van der Waals surface area contributed by atoms with Crippen LogP contribution >= 0.6 is 11.8 Å². The molecule has 0 aromatic carbocycles. The third kappa shape index (κ3) is 4.99. The summed E-state index contributed by atoms with van der Waals surface area (Å²) in [5.74, 6) is 0.704. The summed E-state index contributed by atoms with van der Waals surface area (Å²) in [6, 6.07) is 3.69. The molecule has 0 unspecified atom stereocenters. The fourth-order valence-corrected chi connectivity index (χ4v) is 2.89. The Morgan fingerprint density at radius 2 is 2.39 bits per heavy atom. The Hall–Kier alpha value is -2.02. The first kappa shape index (κ1) is 17.3. The smallest absolute Gasteiger partial charge is 0.246 e. The van der Waals surface area contributed by atoms with Crippen LogP contribution < -0.4 is 10.1 Å². The number of rotatable bonds is 7. The lowest BCUT2D eigenvalue weighted by Gasteiger charge is -2.11. The van der Waals surface area contributed by atoms with E-state index in [-0.39, 0.29) is 11.8 Å². The molecule has 0 aliphatic carbocycles. The number of aromatic nitrogens is 1. The number of amides is 2. The summed E-state index contributed by atoms with van der Waals surface area (Å²) in [6.45, 7) is 3.04. The van der Waals surface area contributed by atoms with Gasteiger partial charge >= 0.3 is 0 Å². The monoisotopic (exact) mass is 335 g/mol. The number of thioether (sulfide) groups is 1. The Labute approximate surface area is 140 Å². The average molecular weight is 335 g/mol. The molecule has 0 bridgehead atoms. The Balaban J connectivity index is 1.91. The van der Waals surface area contributed by atoms with Gasteiger partial charge in [-0.2, -0.15) is 0 Å². The predicted molar refractivity (Wildman–Crippen MR) is 89.8 cm³/mol. The van der Waals surface area contributed by atoms with Crippen LogP contribution in [0.2, 0.25) is 0 Å². The van der Waals surface area contributed by atoms with E-state index in [9.17, 15) is 9.59 Å². The van der Waals surface area contributed by atoms with Gasteiger partial charge in [0.15, 0.2) is 0 Å². The SMILES string of the molecule is CCCCOc1ncccc1CNC(=O)C=C1SCC(=O)N1C. The van der Waals surface area contributed by atoms with Crippen molar-refractivity contribution in [2.45, 2.75) is 26.3 Å². The molecular formula is C16H21N3O3S. The molecule has 1 aliphatic heterocycles. The molecule has 0 atom stereocenters. The number of nitrogens with zero attached hydrogens (tertiary/aromatic N) is 2. The highest BCUT2D eigenvalue weighted by molar-refractivity contribution is 8.04. The van der Waals surface area contributed by atoms with Crippen LogP contribution in [0.25, 0.3) is 0 Å². The van der Waals surface area contributed by atoms with Crippen LogP contribution in [0.15, 0.2) is 29.4 Å². The first-order valence-electron chi connectivity index (χ1n) is 7.57. The second-order valence-corrected chi connectivity index (χ2v) is 6.11. The molecule has 2 heterocycles. The third-order valence-electron chi connectivity index (χ3n) is 3.34. The molecule has 2 rings (SSSR count). The molecule has 0 saturated carbocycles. The van der Waals surface area contributed by atoms with Gasteiger partial charge in [-0.05, 0) is 12.5 Å². The zero-order valence-corrected chi connectivity index (χ0v) is 14.2. The number of carbonyl (C=O) groups excluding carboxylic acids is 2. The van der Waals surface area contributed by atoms with Crippen LogP contribution in [-0.2, 0) is 16.1 Å². The molecular weight excluding hydrogens is 314 g/mol. The number of hydrogen-bond donors (Lipinski definition) is 1.